The van der Waals surface area contributed by atoms with Crippen molar-refractivity contribution in [1.29, 1.82) is 0 Å². The number of rotatable bonds is 7. The first-order valence-electron chi connectivity index (χ1n) is 8.85. The van der Waals surface area contributed by atoms with Gasteiger partial charge < -0.3 is 14.5 Å². The minimum absolute atomic E-state index is 0.0354. The molecule has 0 unspecified atom stereocenters. The third kappa shape index (κ3) is 5.94. The highest BCUT2D eigenvalue weighted by Gasteiger charge is 2.29. The molecule has 29 heavy (non-hydrogen) atoms. The number of hydrogen-bond acceptors (Lipinski definition) is 9. The highest BCUT2D eigenvalue weighted by molar-refractivity contribution is 7.99. The Morgan fingerprint density at radius 3 is 2.83 bits per heavy atom. The lowest BCUT2D eigenvalue weighted by Gasteiger charge is -2.10. The second kappa shape index (κ2) is 9.27. The summed E-state index contributed by atoms with van der Waals surface area (Å²) in [6, 6.07) is 6.01. The zero-order valence-electron chi connectivity index (χ0n) is 15.6. The number of benzene rings is 1. The molecule has 0 aliphatic carbocycles. The van der Waals surface area contributed by atoms with Gasteiger partial charge in [-0.15, -0.1) is 10.2 Å². The number of para-hydroxylation sites is 1. The van der Waals surface area contributed by atoms with Crippen LogP contribution in [-0.2, 0) is 14.6 Å². The van der Waals surface area contributed by atoms with Crippen LogP contribution >= 0.6 is 11.8 Å². The van der Waals surface area contributed by atoms with Gasteiger partial charge >= 0.3 is 6.03 Å². The smallest absolute Gasteiger partial charge is 0.321 e. The third-order valence-electron chi connectivity index (χ3n) is 3.97. The first-order valence-corrected chi connectivity index (χ1v) is 11.7. The topological polar surface area (TPSA) is 140 Å². The fraction of sp³-hybridized carbons (Fsp3) is 0.412. The Kier molecular flexibility index (Phi) is 6.75. The molecule has 1 aromatic carbocycles. The zero-order chi connectivity index (χ0) is 20.9. The van der Waals surface area contributed by atoms with Gasteiger partial charge in [-0.05, 0) is 25.5 Å². The lowest BCUT2D eigenvalue weighted by atomic mass is 10.2. The van der Waals surface area contributed by atoms with Gasteiger partial charge in [-0.25, -0.2) is 13.2 Å². The number of carbonyl (C=O) groups is 2. The first-order chi connectivity index (χ1) is 13.9. The molecular weight excluding hydrogens is 420 g/mol. The number of nitrogens with one attached hydrogen (secondary N) is 2. The molecule has 1 aliphatic heterocycles. The van der Waals surface area contributed by atoms with Crippen molar-refractivity contribution in [3.63, 3.8) is 0 Å². The summed E-state index contributed by atoms with van der Waals surface area (Å²) in [6.45, 7) is 2.36. The SMILES string of the molecule is CCOc1ccccc1-c1nnc(SCC(=O)NC(=O)N[C@H]2CCS(=O)(=O)C2)o1. The van der Waals surface area contributed by atoms with E-state index in [4.69, 9.17) is 9.15 Å². The molecule has 2 aromatic rings. The maximum Gasteiger partial charge on any atom is 0.321 e. The van der Waals surface area contributed by atoms with Crippen LogP contribution in [0.25, 0.3) is 11.5 Å². The maximum absolute atomic E-state index is 11.9. The Morgan fingerprint density at radius 1 is 1.31 bits per heavy atom. The van der Waals surface area contributed by atoms with Gasteiger partial charge in [-0.1, -0.05) is 23.9 Å². The number of urea groups is 1. The largest absolute Gasteiger partial charge is 0.493 e. The van der Waals surface area contributed by atoms with Crippen LogP contribution in [0.5, 0.6) is 5.75 Å². The van der Waals surface area contributed by atoms with E-state index in [1.807, 2.05) is 19.1 Å². The minimum atomic E-state index is -3.11. The monoisotopic (exact) mass is 440 g/mol. The van der Waals surface area contributed by atoms with Crippen LogP contribution < -0.4 is 15.4 Å². The molecule has 3 amide bonds. The summed E-state index contributed by atoms with van der Waals surface area (Å²) in [5, 5.41) is 12.7. The lowest BCUT2D eigenvalue weighted by Crippen LogP contribution is -2.45. The summed E-state index contributed by atoms with van der Waals surface area (Å²) in [6.07, 6.45) is 0.340. The van der Waals surface area contributed by atoms with Crippen molar-refractivity contribution < 1.29 is 27.2 Å². The molecular formula is C17H20N4O6S2. The van der Waals surface area contributed by atoms with Crippen LogP contribution in [0.3, 0.4) is 0 Å². The molecule has 0 spiro atoms. The summed E-state index contributed by atoms with van der Waals surface area (Å²) >= 11 is 0.979. The fourth-order valence-corrected chi connectivity index (χ4v) is 4.96. The highest BCUT2D eigenvalue weighted by Crippen LogP contribution is 2.30. The standard InChI is InChI=1S/C17H20N4O6S2/c1-2-26-13-6-4-3-5-12(13)15-20-21-17(27-15)28-9-14(22)19-16(23)18-11-7-8-29(24,25)10-11/h3-6,11H,2,7-10H2,1H3,(H2,18,19,22,23)/t11-/m0/s1. The molecule has 1 aliphatic rings. The van der Waals surface area contributed by atoms with Gasteiger partial charge in [0.25, 0.3) is 11.1 Å². The van der Waals surface area contributed by atoms with Crippen LogP contribution in [0.1, 0.15) is 13.3 Å². The summed E-state index contributed by atoms with van der Waals surface area (Å²) < 4.78 is 33.9. The third-order valence-corrected chi connectivity index (χ3v) is 6.56. The quantitative estimate of drug-likeness (QED) is 0.608. The van der Waals surface area contributed by atoms with Crippen molar-refractivity contribution in [2.24, 2.45) is 0 Å². The Labute approximate surface area is 171 Å². The van der Waals surface area contributed by atoms with E-state index in [0.29, 0.717) is 24.3 Å². The first kappa shape index (κ1) is 21.1. The molecule has 2 N–H and O–H groups in total. The van der Waals surface area contributed by atoms with Gasteiger partial charge in [-0.3, -0.25) is 10.1 Å². The van der Waals surface area contributed by atoms with Crippen LogP contribution in [0, 0.1) is 0 Å². The van der Waals surface area contributed by atoms with Crippen molar-refractivity contribution in [3.8, 4) is 17.2 Å². The molecule has 2 heterocycles. The number of ether oxygens (including phenoxy) is 1. The molecule has 1 fully saturated rings. The van der Waals surface area contributed by atoms with Crippen molar-refractivity contribution in [3.05, 3.63) is 24.3 Å². The van der Waals surface area contributed by atoms with Gasteiger partial charge in [0.1, 0.15) is 5.75 Å². The normalized spacial score (nSPS) is 17.6. The van der Waals surface area contributed by atoms with E-state index in [2.05, 4.69) is 20.8 Å². The van der Waals surface area contributed by atoms with Crippen LogP contribution in [0.4, 0.5) is 4.79 Å². The van der Waals surface area contributed by atoms with E-state index < -0.39 is 27.8 Å². The molecule has 1 aromatic heterocycles. The van der Waals surface area contributed by atoms with Gasteiger partial charge in [0.15, 0.2) is 9.84 Å². The summed E-state index contributed by atoms with van der Waals surface area (Å²) in [7, 11) is -3.11. The van der Waals surface area contributed by atoms with Gasteiger partial charge in [0, 0.05) is 6.04 Å². The minimum Gasteiger partial charge on any atom is -0.493 e. The van der Waals surface area contributed by atoms with E-state index in [1.54, 1.807) is 12.1 Å². The molecule has 0 radical (unpaired) electrons. The van der Waals surface area contributed by atoms with Gasteiger partial charge in [0.2, 0.25) is 5.91 Å². The molecule has 10 nitrogen and oxygen atoms in total. The zero-order valence-corrected chi connectivity index (χ0v) is 17.2. The molecule has 1 saturated heterocycles. The van der Waals surface area contributed by atoms with Gasteiger partial charge in [0.05, 0.1) is 29.4 Å². The van der Waals surface area contributed by atoms with Crippen LogP contribution in [-0.4, -0.2) is 60.5 Å². The summed E-state index contributed by atoms with van der Waals surface area (Å²) in [5.74, 6) is 0.106. The second-order valence-electron chi connectivity index (χ2n) is 6.21. The summed E-state index contributed by atoms with van der Waals surface area (Å²) in [4.78, 5) is 23.7. The number of hydrogen-bond donors (Lipinski definition) is 2. The molecule has 156 valence electrons. The second-order valence-corrected chi connectivity index (χ2v) is 9.37. The van der Waals surface area contributed by atoms with E-state index in [0.717, 1.165) is 11.8 Å². The number of nitrogens with zero attached hydrogens (tertiary/aromatic N) is 2. The van der Waals surface area contributed by atoms with Crippen molar-refractivity contribution >= 4 is 33.5 Å². The Hall–Kier alpha value is -2.60. The van der Waals surface area contributed by atoms with Crippen molar-refractivity contribution in [2.45, 2.75) is 24.6 Å². The average Bonchev–Trinajstić information content (AvgIpc) is 3.27. The maximum atomic E-state index is 11.9. The number of imide groups is 1. The predicted molar refractivity (Wildman–Crippen MR) is 105 cm³/mol. The number of amides is 3. The Balaban J connectivity index is 1.49. The van der Waals surface area contributed by atoms with Crippen molar-refractivity contribution in [1.82, 2.24) is 20.8 Å². The number of sulfone groups is 1. The average molecular weight is 441 g/mol. The van der Waals surface area contributed by atoms with Crippen LogP contribution in [0.15, 0.2) is 33.9 Å². The number of carbonyl (C=O) groups excluding carboxylic acids is 2. The predicted octanol–water partition coefficient (Wildman–Crippen LogP) is 1.24. The molecule has 3 rings (SSSR count). The van der Waals surface area contributed by atoms with E-state index in [9.17, 15) is 18.0 Å². The summed E-state index contributed by atoms with van der Waals surface area (Å²) in [5.41, 5.74) is 0.643. The van der Waals surface area contributed by atoms with Gasteiger partial charge in [-0.2, -0.15) is 0 Å². The molecule has 0 saturated carbocycles. The van der Waals surface area contributed by atoms with E-state index in [-0.39, 0.29) is 28.4 Å². The van der Waals surface area contributed by atoms with E-state index >= 15 is 0 Å². The number of aromatic nitrogens is 2. The molecule has 0 bridgehead atoms. The van der Waals surface area contributed by atoms with E-state index in [1.165, 1.54) is 0 Å². The molecule has 12 heteroatoms. The van der Waals surface area contributed by atoms with Crippen molar-refractivity contribution in [2.75, 3.05) is 23.9 Å². The lowest BCUT2D eigenvalue weighted by molar-refractivity contribution is -0.117. The molecule has 1 atom stereocenters. The fourth-order valence-electron chi connectivity index (χ4n) is 2.72. The van der Waals surface area contributed by atoms with Crippen LogP contribution in [0.2, 0.25) is 0 Å². The number of thioether (sulfide) groups is 1. The Bertz CT molecular complexity index is 991. The highest BCUT2D eigenvalue weighted by atomic mass is 32.2. The Morgan fingerprint density at radius 2 is 2.10 bits per heavy atom.